The number of hydrogen-bond donors (Lipinski definition) is 0. The van der Waals surface area contributed by atoms with Gasteiger partial charge in [0, 0.05) is 6.54 Å². The van der Waals surface area contributed by atoms with Gasteiger partial charge in [-0.05, 0) is 41.0 Å². The lowest BCUT2D eigenvalue weighted by atomic mass is 10.1. The number of aromatic nitrogens is 6. The molecule has 0 saturated heterocycles. The van der Waals surface area contributed by atoms with Crippen LogP contribution in [0.25, 0.3) is 0 Å². The molecule has 7 nitrogen and oxygen atoms in total. The van der Waals surface area contributed by atoms with Gasteiger partial charge in [0.15, 0.2) is 5.82 Å². The quantitative estimate of drug-likeness (QED) is 0.855. The summed E-state index contributed by atoms with van der Waals surface area (Å²) in [6.45, 7) is 13.0. The molecule has 2 aromatic heterocycles. The molecule has 0 bridgehead atoms. The zero-order chi connectivity index (χ0) is 15.8. The molecule has 0 spiro atoms. The van der Waals surface area contributed by atoms with Gasteiger partial charge in [0.1, 0.15) is 11.6 Å². The first-order valence-electron chi connectivity index (χ1n) is 7.31. The molecule has 0 unspecified atom stereocenters. The second-order valence-corrected chi connectivity index (χ2v) is 6.31. The van der Waals surface area contributed by atoms with Crippen molar-refractivity contribution in [1.82, 2.24) is 29.1 Å². The average Bonchev–Trinajstić information content (AvgIpc) is 2.86. The molecule has 0 fully saturated rings. The third-order valence-electron chi connectivity index (χ3n) is 3.44. The molecular weight excluding hydrogens is 268 g/mol. The summed E-state index contributed by atoms with van der Waals surface area (Å²) in [4.78, 5) is 12.5. The van der Waals surface area contributed by atoms with Gasteiger partial charge >= 0.3 is 5.69 Å². The van der Waals surface area contributed by atoms with Gasteiger partial charge in [-0.2, -0.15) is 5.10 Å². The van der Waals surface area contributed by atoms with Gasteiger partial charge in [-0.15, -0.1) is 10.2 Å². The Hall–Kier alpha value is -1.92. The van der Waals surface area contributed by atoms with Crippen molar-refractivity contribution in [2.45, 2.75) is 66.6 Å². The largest absolute Gasteiger partial charge is 0.346 e. The summed E-state index contributed by atoms with van der Waals surface area (Å²) in [5.74, 6) is 2.37. The summed E-state index contributed by atoms with van der Waals surface area (Å²) in [5, 5.41) is 12.7. The standard InChI is InChI=1S/C14H24N6O/c1-7-8-18-10(2)15-16-12(18)9-19-11(3)17-20(13(19)21)14(4,5)6/h7-9H2,1-6H3. The molecular formula is C14H24N6O. The highest BCUT2D eigenvalue weighted by molar-refractivity contribution is 4.98. The first kappa shape index (κ1) is 15.5. The van der Waals surface area contributed by atoms with Gasteiger partial charge < -0.3 is 4.57 Å². The van der Waals surface area contributed by atoms with Crippen LogP contribution in [0, 0.1) is 13.8 Å². The fraction of sp³-hybridized carbons (Fsp3) is 0.714. The molecule has 0 radical (unpaired) electrons. The van der Waals surface area contributed by atoms with E-state index in [1.165, 1.54) is 4.68 Å². The Bertz CT molecular complexity index is 685. The van der Waals surface area contributed by atoms with Gasteiger partial charge in [-0.25, -0.2) is 9.48 Å². The zero-order valence-electron chi connectivity index (χ0n) is 13.7. The van der Waals surface area contributed by atoms with Gasteiger partial charge in [-0.1, -0.05) is 6.92 Å². The Morgan fingerprint density at radius 3 is 2.24 bits per heavy atom. The predicted octanol–water partition coefficient (Wildman–Crippen LogP) is 1.47. The molecule has 2 rings (SSSR count). The monoisotopic (exact) mass is 292 g/mol. The predicted molar refractivity (Wildman–Crippen MR) is 80.4 cm³/mol. The molecule has 7 heteroatoms. The summed E-state index contributed by atoms with van der Waals surface area (Å²) < 4.78 is 5.23. The summed E-state index contributed by atoms with van der Waals surface area (Å²) in [6.07, 6.45) is 1.00. The molecule has 0 N–H and O–H groups in total. The number of aryl methyl sites for hydroxylation is 2. The van der Waals surface area contributed by atoms with Gasteiger partial charge in [0.25, 0.3) is 0 Å². The topological polar surface area (TPSA) is 70.5 Å². The number of rotatable bonds is 4. The van der Waals surface area contributed by atoms with E-state index in [0.29, 0.717) is 12.4 Å². The maximum absolute atomic E-state index is 12.5. The number of nitrogens with zero attached hydrogens (tertiary/aromatic N) is 6. The first-order chi connectivity index (χ1) is 9.75. The Morgan fingerprint density at radius 1 is 1.05 bits per heavy atom. The zero-order valence-corrected chi connectivity index (χ0v) is 13.7. The number of hydrogen-bond acceptors (Lipinski definition) is 4. The van der Waals surface area contributed by atoms with Crippen LogP contribution >= 0.6 is 0 Å². The molecule has 21 heavy (non-hydrogen) atoms. The van der Waals surface area contributed by atoms with Crippen LogP contribution in [0.5, 0.6) is 0 Å². The van der Waals surface area contributed by atoms with Crippen molar-refractivity contribution in [3.8, 4) is 0 Å². The minimum Gasteiger partial charge on any atom is -0.314 e. The van der Waals surface area contributed by atoms with E-state index in [0.717, 1.165) is 24.6 Å². The summed E-state index contributed by atoms with van der Waals surface area (Å²) in [6, 6.07) is 0. The van der Waals surface area contributed by atoms with Gasteiger partial charge in [-0.3, -0.25) is 4.57 Å². The lowest BCUT2D eigenvalue weighted by molar-refractivity contribution is 0.340. The average molecular weight is 292 g/mol. The smallest absolute Gasteiger partial charge is 0.314 e. The van der Waals surface area contributed by atoms with Crippen molar-refractivity contribution < 1.29 is 0 Å². The highest BCUT2D eigenvalue weighted by Crippen LogP contribution is 2.11. The fourth-order valence-electron chi connectivity index (χ4n) is 2.31. The SMILES string of the molecule is CCCn1c(C)nnc1Cn1c(C)nn(C(C)(C)C)c1=O. The van der Waals surface area contributed by atoms with Crippen molar-refractivity contribution in [3.05, 3.63) is 28.0 Å². The van der Waals surface area contributed by atoms with Crippen LogP contribution in [0.1, 0.15) is 51.6 Å². The van der Waals surface area contributed by atoms with E-state index in [1.807, 2.05) is 34.6 Å². The van der Waals surface area contributed by atoms with Crippen LogP contribution in [0.3, 0.4) is 0 Å². The molecule has 2 heterocycles. The van der Waals surface area contributed by atoms with Crippen molar-refractivity contribution in [2.75, 3.05) is 0 Å². The van der Waals surface area contributed by atoms with Crippen LogP contribution in [0.15, 0.2) is 4.79 Å². The van der Waals surface area contributed by atoms with Crippen LogP contribution in [-0.4, -0.2) is 29.1 Å². The minimum atomic E-state index is -0.333. The van der Waals surface area contributed by atoms with Crippen molar-refractivity contribution >= 4 is 0 Å². The highest BCUT2D eigenvalue weighted by atomic mass is 16.2. The van der Waals surface area contributed by atoms with Crippen LogP contribution in [0.4, 0.5) is 0 Å². The van der Waals surface area contributed by atoms with Gasteiger partial charge in [0.2, 0.25) is 0 Å². The van der Waals surface area contributed by atoms with E-state index in [1.54, 1.807) is 4.57 Å². The molecule has 0 aliphatic heterocycles. The van der Waals surface area contributed by atoms with E-state index in [4.69, 9.17) is 0 Å². The lowest BCUT2D eigenvalue weighted by Crippen LogP contribution is -2.36. The highest BCUT2D eigenvalue weighted by Gasteiger charge is 2.22. The van der Waals surface area contributed by atoms with Crippen molar-refractivity contribution in [3.63, 3.8) is 0 Å². The van der Waals surface area contributed by atoms with E-state index in [2.05, 4.69) is 26.8 Å². The molecule has 0 atom stereocenters. The Labute approximate surface area is 124 Å². The Balaban J connectivity index is 2.42. The lowest BCUT2D eigenvalue weighted by Gasteiger charge is -2.16. The van der Waals surface area contributed by atoms with Crippen molar-refractivity contribution in [1.29, 1.82) is 0 Å². The van der Waals surface area contributed by atoms with Crippen LogP contribution in [-0.2, 0) is 18.6 Å². The van der Waals surface area contributed by atoms with E-state index < -0.39 is 0 Å². The first-order valence-corrected chi connectivity index (χ1v) is 7.31. The normalized spacial score (nSPS) is 12.1. The molecule has 0 aliphatic rings. The van der Waals surface area contributed by atoms with Crippen molar-refractivity contribution in [2.24, 2.45) is 0 Å². The van der Waals surface area contributed by atoms with Crippen LogP contribution in [0.2, 0.25) is 0 Å². The second kappa shape index (κ2) is 5.46. The molecule has 2 aromatic rings. The summed E-state index contributed by atoms with van der Waals surface area (Å²) in [5.41, 5.74) is -0.441. The second-order valence-electron chi connectivity index (χ2n) is 6.31. The summed E-state index contributed by atoms with van der Waals surface area (Å²) in [7, 11) is 0. The molecule has 116 valence electrons. The molecule has 0 amide bonds. The Morgan fingerprint density at radius 2 is 1.71 bits per heavy atom. The van der Waals surface area contributed by atoms with Crippen LogP contribution < -0.4 is 5.69 Å². The minimum absolute atomic E-state index is 0.108. The maximum Gasteiger partial charge on any atom is 0.346 e. The summed E-state index contributed by atoms with van der Waals surface area (Å²) >= 11 is 0. The third kappa shape index (κ3) is 2.91. The molecule has 0 aliphatic carbocycles. The van der Waals surface area contributed by atoms with Gasteiger partial charge in [0.05, 0.1) is 12.1 Å². The molecule has 0 aromatic carbocycles. The Kier molecular flexibility index (Phi) is 4.02. The van der Waals surface area contributed by atoms with E-state index >= 15 is 0 Å². The van der Waals surface area contributed by atoms with E-state index in [9.17, 15) is 4.79 Å². The van der Waals surface area contributed by atoms with E-state index in [-0.39, 0.29) is 11.2 Å². The fourth-order valence-corrected chi connectivity index (χ4v) is 2.31. The third-order valence-corrected chi connectivity index (χ3v) is 3.44. The maximum atomic E-state index is 12.5. The molecule has 0 saturated carbocycles.